The average Bonchev–Trinajstić information content (AvgIpc) is 2.85. The standard InChI is InChI=1S/C10H9N5O4/c1-2-3-19-10(18)13-7-6(8(16)17)4-11-9-14-12-5-15(7)9/h2,4-5H,1,3H2,(H,13,18)(H,16,17). The van der Waals surface area contributed by atoms with Crippen LogP contribution in [0.4, 0.5) is 10.6 Å². The van der Waals surface area contributed by atoms with E-state index in [-0.39, 0.29) is 23.8 Å². The molecule has 0 spiro atoms. The molecule has 0 saturated carbocycles. The molecule has 9 heteroatoms. The average molecular weight is 263 g/mol. The van der Waals surface area contributed by atoms with Gasteiger partial charge in [-0.15, -0.1) is 10.2 Å². The van der Waals surface area contributed by atoms with Gasteiger partial charge < -0.3 is 9.84 Å². The number of aromatic nitrogens is 4. The van der Waals surface area contributed by atoms with E-state index in [0.29, 0.717) is 0 Å². The SMILES string of the molecule is C=CCOC(=O)Nc1c(C(=O)O)cnc2nncn12. The highest BCUT2D eigenvalue weighted by atomic mass is 16.5. The van der Waals surface area contributed by atoms with Gasteiger partial charge in [0.15, 0.2) is 0 Å². The minimum atomic E-state index is -1.25. The number of amides is 1. The predicted octanol–water partition coefficient (Wildman–Crippen LogP) is 0.557. The quantitative estimate of drug-likeness (QED) is 0.773. The molecule has 98 valence electrons. The Labute approximate surface area is 106 Å². The number of carbonyl (C=O) groups is 2. The molecule has 0 radical (unpaired) electrons. The zero-order valence-electron chi connectivity index (χ0n) is 9.61. The van der Waals surface area contributed by atoms with Crippen LogP contribution in [0.3, 0.4) is 0 Å². The first-order chi connectivity index (χ1) is 9.13. The number of fused-ring (bicyclic) bond motifs is 1. The number of nitrogens with one attached hydrogen (secondary N) is 1. The largest absolute Gasteiger partial charge is 0.478 e. The van der Waals surface area contributed by atoms with Crippen LogP contribution < -0.4 is 5.32 Å². The molecule has 1 amide bonds. The molecular weight excluding hydrogens is 254 g/mol. The summed E-state index contributed by atoms with van der Waals surface area (Å²) >= 11 is 0. The second-order valence-corrected chi connectivity index (χ2v) is 3.34. The Morgan fingerprint density at radius 3 is 3.05 bits per heavy atom. The molecule has 19 heavy (non-hydrogen) atoms. The fourth-order valence-electron chi connectivity index (χ4n) is 1.34. The van der Waals surface area contributed by atoms with Crippen molar-refractivity contribution in [2.45, 2.75) is 0 Å². The van der Waals surface area contributed by atoms with Crippen LogP contribution >= 0.6 is 0 Å². The molecule has 0 atom stereocenters. The highest BCUT2D eigenvalue weighted by Crippen LogP contribution is 2.15. The Bertz CT molecular complexity index is 650. The first kappa shape index (κ1) is 12.5. The summed E-state index contributed by atoms with van der Waals surface area (Å²) in [5.41, 5.74) is -0.206. The second kappa shape index (κ2) is 5.12. The van der Waals surface area contributed by atoms with E-state index in [1.54, 1.807) is 0 Å². The fourth-order valence-corrected chi connectivity index (χ4v) is 1.34. The summed E-state index contributed by atoms with van der Waals surface area (Å²) in [4.78, 5) is 26.3. The summed E-state index contributed by atoms with van der Waals surface area (Å²) in [6, 6.07) is 0. The Balaban J connectivity index is 2.40. The number of hydrogen-bond donors (Lipinski definition) is 2. The molecule has 2 rings (SSSR count). The van der Waals surface area contributed by atoms with Gasteiger partial charge in [0, 0.05) is 6.20 Å². The summed E-state index contributed by atoms with van der Waals surface area (Å²) < 4.78 is 5.95. The van der Waals surface area contributed by atoms with Gasteiger partial charge in [-0.25, -0.2) is 14.6 Å². The van der Waals surface area contributed by atoms with Crippen molar-refractivity contribution in [1.82, 2.24) is 19.6 Å². The van der Waals surface area contributed by atoms with Crippen molar-refractivity contribution >= 4 is 23.7 Å². The number of ether oxygens (including phenoxy) is 1. The number of rotatable bonds is 4. The van der Waals surface area contributed by atoms with E-state index in [1.807, 2.05) is 0 Å². The molecule has 0 saturated heterocycles. The molecule has 0 unspecified atom stereocenters. The van der Waals surface area contributed by atoms with E-state index in [1.165, 1.54) is 16.8 Å². The summed E-state index contributed by atoms with van der Waals surface area (Å²) in [6.07, 6.45) is 2.88. The van der Waals surface area contributed by atoms with Crippen molar-refractivity contribution in [2.24, 2.45) is 0 Å². The molecule has 0 fully saturated rings. The fraction of sp³-hybridized carbons (Fsp3) is 0.100. The Morgan fingerprint density at radius 2 is 2.37 bits per heavy atom. The third-order valence-corrected chi connectivity index (χ3v) is 2.12. The molecule has 2 aromatic heterocycles. The van der Waals surface area contributed by atoms with E-state index in [2.05, 4.69) is 27.1 Å². The molecule has 2 aromatic rings. The Morgan fingerprint density at radius 1 is 1.58 bits per heavy atom. The first-order valence-electron chi connectivity index (χ1n) is 5.10. The van der Waals surface area contributed by atoms with E-state index >= 15 is 0 Å². The van der Waals surface area contributed by atoms with Crippen molar-refractivity contribution in [3.8, 4) is 0 Å². The second-order valence-electron chi connectivity index (χ2n) is 3.34. The van der Waals surface area contributed by atoms with Crippen LogP contribution in [0.1, 0.15) is 10.4 Å². The van der Waals surface area contributed by atoms with Crippen LogP contribution in [0.5, 0.6) is 0 Å². The molecule has 9 nitrogen and oxygen atoms in total. The maximum atomic E-state index is 11.5. The van der Waals surface area contributed by atoms with Crippen molar-refractivity contribution in [3.05, 3.63) is 30.7 Å². The van der Waals surface area contributed by atoms with Gasteiger partial charge in [0.25, 0.3) is 5.78 Å². The van der Waals surface area contributed by atoms with Gasteiger partial charge in [0.1, 0.15) is 24.3 Å². The van der Waals surface area contributed by atoms with Crippen molar-refractivity contribution in [2.75, 3.05) is 11.9 Å². The van der Waals surface area contributed by atoms with E-state index in [0.717, 1.165) is 6.20 Å². The molecular formula is C10H9N5O4. The summed E-state index contributed by atoms with van der Waals surface area (Å²) in [6.45, 7) is 3.40. The monoisotopic (exact) mass is 263 g/mol. The van der Waals surface area contributed by atoms with Crippen LogP contribution in [0.25, 0.3) is 5.78 Å². The van der Waals surface area contributed by atoms with Gasteiger partial charge in [-0.3, -0.25) is 9.72 Å². The molecule has 0 aliphatic carbocycles. The lowest BCUT2D eigenvalue weighted by Gasteiger charge is -2.09. The van der Waals surface area contributed by atoms with Crippen molar-refractivity contribution in [3.63, 3.8) is 0 Å². The van der Waals surface area contributed by atoms with Crippen LogP contribution in [0.2, 0.25) is 0 Å². The highest BCUT2D eigenvalue weighted by Gasteiger charge is 2.18. The number of carboxylic acids is 1. The summed E-state index contributed by atoms with van der Waals surface area (Å²) in [5.74, 6) is -1.12. The lowest BCUT2D eigenvalue weighted by molar-refractivity contribution is 0.0697. The van der Waals surface area contributed by atoms with Gasteiger partial charge in [-0.1, -0.05) is 12.7 Å². The lowest BCUT2D eigenvalue weighted by atomic mass is 10.3. The van der Waals surface area contributed by atoms with Crippen LogP contribution in [0.15, 0.2) is 25.2 Å². The zero-order valence-corrected chi connectivity index (χ0v) is 9.61. The van der Waals surface area contributed by atoms with Gasteiger partial charge in [0.2, 0.25) is 0 Å². The van der Waals surface area contributed by atoms with E-state index in [9.17, 15) is 9.59 Å². The lowest BCUT2D eigenvalue weighted by Crippen LogP contribution is -2.19. The maximum Gasteiger partial charge on any atom is 0.413 e. The van der Waals surface area contributed by atoms with E-state index in [4.69, 9.17) is 9.84 Å². The maximum absolute atomic E-state index is 11.5. The van der Waals surface area contributed by atoms with E-state index < -0.39 is 12.1 Å². The normalized spacial score (nSPS) is 10.1. The number of aromatic carboxylic acids is 1. The topological polar surface area (TPSA) is 119 Å². The molecule has 0 aliphatic rings. The number of carboxylic acid groups (broad SMARTS) is 1. The van der Waals surface area contributed by atoms with Crippen LogP contribution in [-0.4, -0.2) is 43.4 Å². The molecule has 2 heterocycles. The number of anilines is 1. The summed E-state index contributed by atoms with van der Waals surface area (Å²) in [5, 5.41) is 18.6. The molecule has 2 N–H and O–H groups in total. The first-order valence-corrected chi connectivity index (χ1v) is 5.10. The van der Waals surface area contributed by atoms with Crippen molar-refractivity contribution < 1.29 is 19.4 Å². The van der Waals surface area contributed by atoms with Crippen LogP contribution in [0, 0.1) is 0 Å². The molecule has 0 aliphatic heterocycles. The van der Waals surface area contributed by atoms with Gasteiger partial charge in [-0.05, 0) is 0 Å². The number of carbonyl (C=O) groups excluding carboxylic acids is 1. The minimum Gasteiger partial charge on any atom is -0.478 e. The third-order valence-electron chi connectivity index (χ3n) is 2.12. The Kier molecular flexibility index (Phi) is 3.37. The smallest absolute Gasteiger partial charge is 0.413 e. The van der Waals surface area contributed by atoms with Gasteiger partial charge in [-0.2, -0.15) is 0 Å². The highest BCUT2D eigenvalue weighted by molar-refractivity contribution is 5.97. The van der Waals surface area contributed by atoms with Crippen molar-refractivity contribution in [1.29, 1.82) is 0 Å². The third kappa shape index (κ3) is 2.49. The van der Waals surface area contributed by atoms with Gasteiger partial charge >= 0.3 is 12.1 Å². The van der Waals surface area contributed by atoms with Gasteiger partial charge in [0.05, 0.1) is 0 Å². The molecule has 0 bridgehead atoms. The predicted molar refractivity (Wildman–Crippen MR) is 62.9 cm³/mol. The Hall–Kier alpha value is -2.97. The summed E-state index contributed by atoms with van der Waals surface area (Å²) in [7, 11) is 0. The van der Waals surface area contributed by atoms with Crippen LogP contribution in [-0.2, 0) is 4.74 Å². The minimum absolute atomic E-state index is 0.00461. The number of hydrogen-bond acceptors (Lipinski definition) is 6. The zero-order chi connectivity index (χ0) is 13.8. The molecule has 0 aromatic carbocycles. The number of nitrogens with zero attached hydrogens (tertiary/aromatic N) is 4.